The van der Waals surface area contributed by atoms with Crippen LogP contribution < -0.4 is 0 Å². The van der Waals surface area contributed by atoms with Gasteiger partial charge in [-0.2, -0.15) is 5.26 Å². The fourth-order valence-corrected chi connectivity index (χ4v) is 3.90. The van der Waals surface area contributed by atoms with Gasteiger partial charge in [-0.15, -0.1) is 0 Å². The molecule has 4 nitrogen and oxygen atoms in total. The standard InChI is InChI=1S/C20H20N2O2S/c1-13(2)24-18(23)12-25-20-16(11-21)19(14-7-4-3-5-8-14)15-9-6-10-17(15)22-20/h3-5,7-8,13H,6,9-10,12H2,1-2H3. The van der Waals surface area contributed by atoms with Crippen LogP contribution in [0.1, 0.15) is 37.1 Å². The summed E-state index contributed by atoms with van der Waals surface area (Å²) in [5.41, 5.74) is 4.81. The average Bonchev–Trinajstić information content (AvgIpc) is 3.06. The average molecular weight is 352 g/mol. The van der Waals surface area contributed by atoms with Crippen molar-refractivity contribution >= 4 is 17.7 Å². The molecule has 1 aromatic heterocycles. The number of nitriles is 1. The summed E-state index contributed by atoms with van der Waals surface area (Å²) in [6.07, 6.45) is 2.78. The van der Waals surface area contributed by atoms with Crippen LogP contribution in [0, 0.1) is 11.3 Å². The van der Waals surface area contributed by atoms with Gasteiger partial charge < -0.3 is 4.74 Å². The molecule has 2 aromatic rings. The maximum Gasteiger partial charge on any atom is 0.316 e. The molecule has 0 unspecified atom stereocenters. The summed E-state index contributed by atoms with van der Waals surface area (Å²) in [7, 11) is 0. The number of benzene rings is 1. The first kappa shape index (κ1) is 17.5. The van der Waals surface area contributed by atoms with Crippen LogP contribution in [0.5, 0.6) is 0 Å². The van der Waals surface area contributed by atoms with Crippen molar-refractivity contribution in [2.45, 2.75) is 44.2 Å². The van der Waals surface area contributed by atoms with Gasteiger partial charge in [0.1, 0.15) is 11.1 Å². The minimum absolute atomic E-state index is 0.142. The minimum Gasteiger partial charge on any atom is -0.462 e. The quantitative estimate of drug-likeness (QED) is 0.597. The Morgan fingerprint density at radius 3 is 2.76 bits per heavy atom. The van der Waals surface area contributed by atoms with Gasteiger partial charge in [-0.25, -0.2) is 4.98 Å². The second kappa shape index (κ2) is 7.71. The van der Waals surface area contributed by atoms with Crippen molar-refractivity contribution in [3.63, 3.8) is 0 Å². The Morgan fingerprint density at radius 2 is 2.08 bits per heavy atom. The van der Waals surface area contributed by atoms with E-state index in [-0.39, 0.29) is 17.8 Å². The van der Waals surface area contributed by atoms with E-state index in [0.717, 1.165) is 36.1 Å². The van der Waals surface area contributed by atoms with E-state index < -0.39 is 0 Å². The van der Waals surface area contributed by atoms with Crippen LogP contribution in [-0.2, 0) is 22.4 Å². The van der Waals surface area contributed by atoms with Crippen molar-refractivity contribution < 1.29 is 9.53 Å². The normalized spacial score (nSPS) is 12.7. The number of ether oxygens (including phenoxy) is 1. The Kier molecular flexibility index (Phi) is 5.40. The van der Waals surface area contributed by atoms with Crippen LogP contribution in [-0.4, -0.2) is 22.8 Å². The number of fused-ring (bicyclic) bond motifs is 1. The Hall–Kier alpha value is -2.32. The molecule has 0 amide bonds. The molecule has 0 saturated heterocycles. The lowest BCUT2D eigenvalue weighted by atomic mass is 9.95. The van der Waals surface area contributed by atoms with Crippen LogP contribution in [0.15, 0.2) is 35.4 Å². The Balaban J connectivity index is 2.00. The van der Waals surface area contributed by atoms with Crippen molar-refractivity contribution in [1.82, 2.24) is 4.98 Å². The van der Waals surface area contributed by atoms with Crippen LogP contribution in [0.4, 0.5) is 0 Å². The molecule has 1 heterocycles. The molecule has 0 N–H and O–H groups in total. The SMILES string of the molecule is CC(C)OC(=O)CSc1nc2c(c(-c3ccccc3)c1C#N)CCC2. The summed E-state index contributed by atoms with van der Waals surface area (Å²) in [6, 6.07) is 12.3. The van der Waals surface area contributed by atoms with E-state index in [1.165, 1.54) is 17.3 Å². The first-order valence-electron chi connectivity index (χ1n) is 8.43. The lowest BCUT2D eigenvalue weighted by molar-refractivity contribution is -0.144. The number of hydrogen-bond donors (Lipinski definition) is 0. The van der Waals surface area contributed by atoms with Crippen LogP contribution in [0.25, 0.3) is 11.1 Å². The Labute approximate surface area is 152 Å². The molecule has 0 atom stereocenters. The number of thioether (sulfide) groups is 1. The molecule has 0 spiro atoms. The smallest absolute Gasteiger partial charge is 0.316 e. The number of nitrogens with zero attached hydrogens (tertiary/aromatic N) is 2. The second-order valence-electron chi connectivity index (χ2n) is 6.25. The van der Waals surface area contributed by atoms with Crippen molar-refractivity contribution in [3.8, 4) is 17.2 Å². The van der Waals surface area contributed by atoms with Crippen molar-refractivity contribution in [2.75, 3.05) is 5.75 Å². The highest BCUT2D eigenvalue weighted by molar-refractivity contribution is 7.99. The van der Waals surface area contributed by atoms with Crippen LogP contribution in [0.3, 0.4) is 0 Å². The third kappa shape index (κ3) is 3.85. The molecule has 25 heavy (non-hydrogen) atoms. The number of aromatic nitrogens is 1. The summed E-state index contributed by atoms with van der Waals surface area (Å²) >= 11 is 1.29. The lowest BCUT2D eigenvalue weighted by Crippen LogP contribution is -2.13. The molecule has 0 fully saturated rings. The largest absolute Gasteiger partial charge is 0.462 e. The van der Waals surface area contributed by atoms with E-state index in [0.29, 0.717) is 10.6 Å². The molecule has 0 radical (unpaired) electrons. The number of esters is 1. The number of hydrogen-bond acceptors (Lipinski definition) is 5. The summed E-state index contributed by atoms with van der Waals surface area (Å²) < 4.78 is 5.18. The fraction of sp³-hybridized carbons (Fsp3) is 0.350. The maximum atomic E-state index is 11.9. The Bertz CT molecular complexity index is 826. The molecule has 0 aliphatic heterocycles. The van der Waals surface area contributed by atoms with Gasteiger partial charge in [-0.05, 0) is 44.2 Å². The first-order chi connectivity index (χ1) is 12.1. The maximum absolute atomic E-state index is 11.9. The lowest BCUT2D eigenvalue weighted by Gasteiger charge is -2.14. The highest BCUT2D eigenvalue weighted by atomic mass is 32.2. The molecule has 5 heteroatoms. The van der Waals surface area contributed by atoms with Gasteiger partial charge in [-0.3, -0.25) is 4.79 Å². The first-order valence-corrected chi connectivity index (χ1v) is 9.42. The zero-order valence-corrected chi connectivity index (χ0v) is 15.2. The van der Waals surface area contributed by atoms with E-state index in [1.54, 1.807) is 0 Å². The van der Waals surface area contributed by atoms with E-state index in [4.69, 9.17) is 9.72 Å². The number of rotatable bonds is 5. The summed E-state index contributed by atoms with van der Waals surface area (Å²) in [4.78, 5) is 16.6. The minimum atomic E-state index is -0.285. The number of carbonyl (C=O) groups is 1. The zero-order valence-electron chi connectivity index (χ0n) is 14.4. The topological polar surface area (TPSA) is 63.0 Å². The number of aryl methyl sites for hydroxylation is 1. The van der Waals surface area contributed by atoms with Gasteiger partial charge in [0.25, 0.3) is 0 Å². The van der Waals surface area contributed by atoms with Gasteiger partial charge in [0.05, 0.1) is 17.4 Å². The van der Waals surface area contributed by atoms with Gasteiger partial charge in [0.2, 0.25) is 0 Å². The molecular formula is C20H20N2O2S. The van der Waals surface area contributed by atoms with Crippen molar-refractivity contribution in [3.05, 3.63) is 47.2 Å². The summed E-state index contributed by atoms with van der Waals surface area (Å²) in [5, 5.41) is 10.4. The highest BCUT2D eigenvalue weighted by Crippen LogP contribution is 2.38. The van der Waals surface area contributed by atoms with E-state index in [9.17, 15) is 10.1 Å². The zero-order chi connectivity index (χ0) is 17.8. The number of pyridine rings is 1. The van der Waals surface area contributed by atoms with E-state index in [1.807, 2.05) is 44.2 Å². The Morgan fingerprint density at radius 1 is 1.32 bits per heavy atom. The van der Waals surface area contributed by atoms with E-state index in [2.05, 4.69) is 6.07 Å². The molecule has 0 saturated carbocycles. The molecule has 1 aliphatic rings. The van der Waals surface area contributed by atoms with Crippen molar-refractivity contribution in [1.29, 1.82) is 5.26 Å². The molecule has 3 rings (SSSR count). The highest BCUT2D eigenvalue weighted by Gasteiger charge is 2.24. The fourth-order valence-electron chi connectivity index (χ4n) is 3.11. The summed E-state index contributed by atoms with van der Waals surface area (Å²) in [6.45, 7) is 3.65. The summed E-state index contributed by atoms with van der Waals surface area (Å²) in [5.74, 6) is -0.125. The molecule has 1 aliphatic carbocycles. The molecule has 128 valence electrons. The van der Waals surface area contributed by atoms with E-state index >= 15 is 0 Å². The van der Waals surface area contributed by atoms with Gasteiger partial charge in [-0.1, -0.05) is 42.1 Å². The predicted molar refractivity (Wildman–Crippen MR) is 98.4 cm³/mol. The molecule has 1 aromatic carbocycles. The monoisotopic (exact) mass is 352 g/mol. The third-order valence-corrected chi connectivity index (χ3v) is 5.01. The predicted octanol–water partition coefficient (Wildman–Crippen LogP) is 4.15. The van der Waals surface area contributed by atoms with Gasteiger partial charge in [0.15, 0.2) is 0 Å². The van der Waals surface area contributed by atoms with Crippen molar-refractivity contribution in [2.24, 2.45) is 0 Å². The van der Waals surface area contributed by atoms with Gasteiger partial charge in [0, 0.05) is 11.3 Å². The second-order valence-corrected chi connectivity index (χ2v) is 7.21. The molecule has 0 bridgehead atoms. The van der Waals surface area contributed by atoms with Crippen LogP contribution in [0.2, 0.25) is 0 Å². The van der Waals surface area contributed by atoms with Gasteiger partial charge >= 0.3 is 5.97 Å². The molecular weight excluding hydrogens is 332 g/mol. The third-order valence-electron chi connectivity index (χ3n) is 4.06. The number of carbonyl (C=O) groups excluding carboxylic acids is 1. The van der Waals surface area contributed by atoms with Crippen LogP contribution >= 0.6 is 11.8 Å².